The van der Waals surface area contributed by atoms with E-state index in [-0.39, 0.29) is 5.97 Å². The summed E-state index contributed by atoms with van der Waals surface area (Å²) in [7, 11) is 0. The van der Waals surface area contributed by atoms with Crippen LogP contribution in [0.5, 0.6) is 0 Å². The molecule has 0 fully saturated rings. The molecule has 0 radical (unpaired) electrons. The molecule has 0 aliphatic heterocycles. The van der Waals surface area contributed by atoms with E-state index in [1.54, 1.807) is 10.7 Å². The fraction of sp³-hybridized carbons (Fsp3) is 0.636. The maximum Gasteiger partial charge on any atom is 0.316 e. The summed E-state index contributed by atoms with van der Waals surface area (Å²) in [4.78, 5) is 11.4. The number of rotatable bonds is 5. The van der Waals surface area contributed by atoms with Gasteiger partial charge in [-0.05, 0) is 26.8 Å². The van der Waals surface area contributed by atoms with Gasteiger partial charge in [0.1, 0.15) is 11.4 Å². The van der Waals surface area contributed by atoms with Gasteiger partial charge in [0.25, 0.3) is 0 Å². The SMILES string of the molecule is CC(C)(C)OC(=O)CSCCn1ccc(N)n1. The van der Waals surface area contributed by atoms with Crippen LogP contribution in [0.2, 0.25) is 0 Å². The standard InChI is InChI=1S/C11H19N3O2S/c1-11(2,3)16-10(15)8-17-7-6-14-5-4-9(12)13-14/h4-5H,6-8H2,1-3H3,(H2,12,13). The highest BCUT2D eigenvalue weighted by Gasteiger charge is 2.15. The van der Waals surface area contributed by atoms with E-state index in [0.717, 1.165) is 12.3 Å². The number of carbonyl (C=O) groups excluding carboxylic acids is 1. The van der Waals surface area contributed by atoms with Gasteiger partial charge in [0.05, 0.1) is 12.3 Å². The second-order valence-electron chi connectivity index (χ2n) is 4.64. The molecule has 5 nitrogen and oxygen atoms in total. The molecule has 0 spiro atoms. The summed E-state index contributed by atoms with van der Waals surface area (Å²) >= 11 is 1.53. The molecule has 17 heavy (non-hydrogen) atoms. The molecule has 0 saturated carbocycles. The maximum absolute atomic E-state index is 11.4. The van der Waals surface area contributed by atoms with E-state index in [1.165, 1.54) is 11.8 Å². The number of aromatic nitrogens is 2. The van der Waals surface area contributed by atoms with Crippen LogP contribution in [0.4, 0.5) is 5.82 Å². The highest BCUT2D eigenvalue weighted by Crippen LogP contribution is 2.10. The summed E-state index contributed by atoms with van der Waals surface area (Å²) < 4.78 is 6.95. The average Bonchev–Trinajstić information content (AvgIpc) is 2.56. The molecule has 1 aromatic rings. The third-order valence-electron chi connectivity index (χ3n) is 1.77. The molecule has 1 aromatic heterocycles. The third kappa shape index (κ3) is 6.21. The van der Waals surface area contributed by atoms with Gasteiger partial charge in [0.2, 0.25) is 0 Å². The Hall–Kier alpha value is -1.17. The number of aryl methyl sites for hydroxylation is 1. The topological polar surface area (TPSA) is 70.1 Å². The molecule has 0 aromatic carbocycles. The normalized spacial score (nSPS) is 11.5. The number of nitrogen functional groups attached to an aromatic ring is 1. The molecule has 0 saturated heterocycles. The largest absolute Gasteiger partial charge is 0.459 e. The lowest BCUT2D eigenvalue weighted by Crippen LogP contribution is -2.25. The third-order valence-corrected chi connectivity index (χ3v) is 2.68. The monoisotopic (exact) mass is 257 g/mol. The zero-order valence-electron chi connectivity index (χ0n) is 10.5. The van der Waals surface area contributed by atoms with E-state index in [2.05, 4.69) is 5.10 Å². The predicted octanol–water partition coefficient (Wildman–Crippen LogP) is 1.54. The van der Waals surface area contributed by atoms with Crippen molar-refractivity contribution in [2.45, 2.75) is 32.9 Å². The van der Waals surface area contributed by atoms with Crippen LogP contribution in [0.25, 0.3) is 0 Å². The van der Waals surface area contributed by atoms with Crippen LogP contribution in [0.1, 0.15) is 20.8 Å². The Morgan fingerprint density at radius 2 is 2.29 bits per heavy atom. The Kier molecular flexibility index (Phi) is 4.86. The summed E-state index contributed by atoms with van der Waals surface area (Å²) in [5.41, 5.74) is 5.08. The maximum atomic E-state index is 11.4. The highest BCUT2D eigenvalue weighted by atomic mass is 32.2. The van der Waals surface area contributed by atoms with Crippen LogP contribution >= 0.6 is 11.8 Å². The van der Waals surface area contributed by atoms with E-state index in [4.69, 9.17) is 10.5 Å². The number of ether oxygens (including phenoxy) is 1. The van der Waals surface area contributed by atoms with Gasteiger partial charge in [0.15, 0.2) is 0 Å². The molecule has 2 N–H and O–H groups in total. The fourth-order valence-corrected chi connectivity index (χ4v) is 1.87. The Bertz CT molecular complexity index is 371. The molecule has 0 aliphatic carbocycles. The molecule has 0 atom stereocenters. The molecule has 1 heterocycles. The average molecular weight is 257 g/mol. The van der Waals surface area contributed by atoms with Crippen LogP contribution in [0.15, 0.2) is 12.3 Å². The van der Waals surface area contributed by atoms with E-state index in [0.29, 0.717) is 11.6 Å². The minimum absolute atomic E-state index is 0.178. The van der Waals surface area contributed by atoms with Crippen LogP contribution < -0.4 is 5.73 Å². The lowest BCUT2D eigenvalue weighted by Gasteiger charge is -2.19. The van der Waals surface area contributed by atoms with Crippen LogP contribution in [-0.2, 0) is 16.1 Å². The molecule has 6 heteroatoms. The molecule has 0 aliphatic rings. The Labute approximate surface area is 106 Å². The van der Waals surface area contributed by atoms with Gasteiger partial charge in [-0.15, -0.1) is 11.8 Å². The first-order chi connectivity index (χ1) is 7.87. The number of hydrogen-bond acceptors (Lipinski definition) is 5. The lowest BCUT2D eigenvalue weighted by molar-refractivity contribution is -0.151. The van der Waals surface area contributed by atoms with Crippen molar-refractivity contribution in [3.05, 3.63) is 12.3 Å². The zero-order valence-corrected chi connectivity index (χ0v) is 11.3. The van der Waals surface area contributed by atoms with Crippen molar-refractivity contribution in [3.63, 3.8) is 0 Å². The van der Waals surface area contributed by atoms with Crippen molar-refractivity contribution in [3.8, 4) is 0 Å². The minimum Gasteiger partial charge on any atom is -0.459 e. The van der Waals surface area contributed by atoms with Crippen molar-refractivity contribution < 1.29 is 9.53 Å². The number of nitrogens with zero attached hydrogens (tertiary/aromatic N) is 2. The second-order valence-corrected chi connectivity index (χ2v) is 5.75. The first-order valence-electron chi connectivity index (χ1n) is 5.45. The molecule has 96 valence electrons. The zero-order chi connectivity index (χ0) is 12.9. The summed E-state index contributed by atoms with van der Waals surface area (Å²) in [6.45, 7) is 6.33. The quantitative estimate of drug-likeness (QED) is 0.640. The van der Waals surface area contributed by atoms with Gasteiger partial charge in [-0.25, -0.2) is 0 Å². The van der Waals surface area contributed by atoms with Crippen molar-refractivity contribution in [2.24, 2.45) is 0 Å². The number of anilines is 1. The Balaban J connectivity index is 2.14. The molecule has 0 bridgehead atoms. The first kappa shape index (κ1) is 13.9. The van der Waals surface area contributed by atoms with E-state index >= 15 is 0 Å². The fourth-order valence-electron chi connectivity index (χ4n) is 1.19. The van der Waals surface area contributed by atoms with Crippen LogP contribution in [0, 0.1) is 0 Å². The van der Waals surface area contributed by atoms with E-state index < -0.39 is 5.60 Å². The smallest absolute Gasteiger partial charge is 0.316 e. The summed E-state index contributed by atoms with van der Waals surface area (Å²) in [5.74, 6) is 1.51. The van der Waals surface area contributed by atoms with Gasteiger partial charge in [-0.2, -0.15) is 5.10 Å². The van der Waals surface area contributed by atoms with E-state index in [1.807, 2.05) is 27.0 Å². The van der Waals surface area contributed by atoms with Crippen LogP contribution in [-0.4, -0.2) is 32.9 Å². The number of nitrogens with two attached hydrogens (primary N) is 1. The molecule has 0 amide bonds. The minimum atomic E-state index is -0.409. The number of carbonyl (C=O) groups is 1. The molecular weight excluding hydrogens is 238 g/mol. The summed E-state index contributed by atoms with van der Waals surface area (Å²) in [5, 5.41) is 4.05. The first-order valence-corrected chi connectivity index (χ1v) is 6.61. The number of thioether (sulfide) groups is 1. The molecule has 0 unspecified atom stereocenters. The van der Waals surface area contributed by atoms with Gasteiger partial charge in [-0.3, -0.25) is 9.48 Å². The van der Waals surface area contributed by atoms with Crippen molar-refractivity contribution in [1.82, 2.24) is 9.78 Å². The van der Waals surface area contributed by atoms with Gasteiger partial charge >= 0.3 is 5.97 Å². The van der Waals surface area contributed by atoms with Crippen molar-refractivity contribution in [1.29, 1.82) is 0 Å². The predicted molar refractivity (Wildman–Crippen MR) is 69.8 cm³/mol. The Morgan fingerprint density at radius 3 is 2.82 bits per heavy atom. The highest BCUT2D eigenvalue weighted by molar-refractivity contribution is 7.99. The van der Waals surface area contributed by atoms with Crippen molar-refractivity contribution >= 4 is 23.5 Å². The van der Waals surface area contributed by atoms with Gasteiger partial charge < -0.3 is 10.5 Å². The van der Waals surface area contributed by atoms with E-state index in [9.17, 15) is 4.79 Å². The molecule has 1 rings (SSSR count). The molecular formula is C11H19N3O2S. The number of esters is 1. The number of hydrogen-bond donors (Lipinski definition) is 1. The second kappa shape index (κ2) is 5.95. The lowest BCUT2D eigenvalue weighted by atomic mass is 10.2. The Morgan fingerprint density at radius 1 is 1.59 bits per heavy atom. The van der Waals surface area contributed by atoms with Gasteiger partial charge in [0, 0.05) is 11.9 Å². The van der Waals surface area contributed by atoms with Crippen molar-refractivity contribution in [2.75, 3.05) is 17.2 Å². The summed E-state index contributed by atoms with van der Waals surface area (Å²) in [6.07, 6.45) is 1.82. The van der Waals surface area contributed by atoms with Crippen LogP contribution in [0.3, 0.4) is 0 Å². The summed E-state index contributed by atoms with van der Waals surface area (Å²) in [6, 6.07) is 1.75. The van der Waals surface area contributed by atoms with Gasteiger partial charge in [-0.1, -0.05) is 0 Å².